The number of nitrogens with one attached hydrogen (secondary N) is 2. The first-order valence-corrected chi connectivity index (χ1v) is 7.66. The molecule has 3 heterocycles. The van der Waals surface area contributed by atoms with Gasteiger partial charge in [0.2, 0.25) is 0 Å². The van der Waals surface area contributed by atoms with E-state index in [1.165, 1.54) is 0 Å². The topological polar surface area (TPSA) is 62.7 Å². The Hall–Kier alpha value is -3.34. The molecule has 118 valence electrons. The zero-order valence-electron chi connectivity index (χ0n) is 13.2. The van der Waals surface area contributed by atoms with E-state index in [9.17, 15) is 4.79 Å². The van der Waals surface area contributed by atoms with E-state index in [1.54, 1.807) is 18.6 Å². The van der Waals surface area contributed by atoms with Crippen molar-refractivity contribution < 1.29 is 0 Å². The van der Waals surface area contributed by atoms with Gasteiger partial charge in [-0.05, 0) is 35.9 Å². The van der Waals surface area contributed by atoms with E-state index < -0.39 is 0 Å². The van der Waals surface area contributed by atoms with E-state index in [1.807, 2.05) is 60.3 Å². The van der Waals surface area contributed by atoms with Crippen LogP contribution in [0.4, 0.5) is 11.4 Å². The highest BCUT2D eigenvalue weighted by Crippen LogP contribution is 2.28. The first kappa shape index (κ1) is 14.3. The predicted molar refractivity (Wildman–Crippen MR) is 96.5 cm³/mol. The first-order chi connectivity index (χ1) is 11.7. The summed E-state index contributed by atoms with van der Waals surface area (Å²) in [6.45, 7) is 0. The molecule has 0 saturated heterocycles. The fourth-order valence-corrected chi connectivity index (χ4v) is 2.90. The van der Waals surface area contributed by atoms with Crippen molar-refractivity contribution in [1.82, 2.24) is 14.5 Å². The van der Waals surface area contributed by atoms with Crippen LogP contribution >= 0.6 is 0 Å². The largest absolute Gasteiger partial charge is 0.354 e. The summed E-state index contributed by atoms with van der Waals surface area (Å²) in [4.78, 5) is 19.2. The number of H-pyrrole nitrogens is 1. The minimum Gasteiger partial charge on any atom is -0.354 e. The minimum absolute atomic E-state index is 0.105. The summed E-state index contributed by atoms with van der Waals surface area (Å²) in [6.07, 6.45) is 7.12. The van der Waals surface area contributed by atoms with Gasteiger partial charge in [0.25, 0.3) is 5.56 Å². The number of hydrogen-bond donors (Lipinski definition) is 2. The van der Waals surface area contributed by atoms with Gasteiger partial charge in [0, 0.05) is 54.0 Å². The number of rotatable bonds is 3. The maximum atomic E-state index is 12.4. The summed E-state index contributed by atoms with van der Waals surface area (Å²) >= 11 is 0. The average molecular weight is 316 g/mol. The van der Waals surface area contributed by atoms with E-state index in [0.717, 1.165) is 27.8 Å². The Morgan fingerprint density at radius 3 is 2.71 bits per heavy atom. The molecule has 4 rings (SSSR count). The second-order valence-corrected chi connectivity index (χ2v) is 5.66. The molecule has 0 radical (unpaired) electrons. The summed E-state index contributed by atoms with van der Waals surface area (Å²) in [7, 11) is 2.00. The van der Waals surface area contributed by atoms with Crippen LogP contribution in [-0.2, 0) is 7.05 Å². The third kappa shape index (κ3) is 2.46. The maximum absolute atomic E-state index is 12.4. The molecule has 24 heavy (non-hydrogen) atoms. The van der Waals surface area contributed by atoms with Gasteiger partial charge in [-0.15, -0.1) is 0 Å². The van der Waals surface area contributed by atoms with Crippen LogP contribution in [0.25, 0.3) is 22.0 Å². The first-order valence-electron chi connectivity index (χ1n) is 7.66. The van der Waals surface area contributed by atoms with Crippen molar-refractivity contribution in [3.63, 3.8) is 0 Å². The number of aromatic amines is 1. The van der Waals surface area contributed by atoms with Gasteiger partial charge < -0.3 is 14.9 Å². The third-order valence-corrected chi connectivity index (χ3v) is 4.09. The quantitative estimate of drug-likeness (QED) is 0.606. The summed E-state index contributed by atoms with van der Waals surface area (Å²) in [5.41, 5.74) is 4.30. The normalized spacial score (nSPS) is 10.9. The van der Waals surface area contributed by atoms with Gasteiger partial charge in [0.1, 0.15) is 0 Å². The molecule has 0 aliphatic heterocycles. The van der Waals surface area contributed by atoms with E-state index in [4.69, 9.17) is 0 Å². The molecular weight excluding hydrogens is 300 g/mol. The van der Waals surface area contributed by atoms with Crippen molar-refractivity contribution >= 4 is 22.3 Å². The fourth-order valence-electron chi connectivity index (χ4n) is 2.90. The van der Waals surface area contributed by atoms with Crippen LogP contribution < -0.4 is 10.9 Å². The van der Waals surface area contributed by atoms with E-state index >= 15 is 0 Å². The highest BCUT2D eigenvalue weighted by atomic mass is 16.1. The molecule has 4 aromatic rings. The molecule has 0 aliphatic carbocycles. The Bertz CT molecular complexity index is 1060. The zero-order chi connectivity index (χ0) is 16.5. The summed E-state index contributed by atoms with van der Waals surface area (Å²) in [6, 6.07) is 13.7. The second-order valence-electron chi connectivity index (χ2n) is 5.66. The van der Waals surface area contributed by atoms with E-state index in [2.05, 4.69) is 15.3 Å². The van der Waals surface area contributed by atoms with Crippen LogP contribution in [0.15, 0.2) is 72.0 Å². The molecule has 2 N–H and O–H groups in total. The van der Waals surface area contributed by atoms with Gasteiger partial charge in [-0.3, -0.25) is 9.78 Å². The molecule has 5 heteroatoms. The molecule has 5 nitrogen and oxygen atoms in total. The van der Waals surface area contributed by atoms with Crippen molar-refractivity contribution in [2.24, 2.45) is 7.05 Å². The lowest BCUT2D eigenvalue weighted by molar-refractivity contribution is 0.969. The third-order valence-electron chi connectivity index (χ3n) is 4.09. The number of aryl methyl sites for hydroxylation is 1. The fraction of sp³-hybridized carbons (Fsp3) is 0.0526. The van der Waals surface area contributed by atoms with Gasteiger partial charge in [-0.25, -0.2) is 0 Å². The molecular formula is C19H16N4O. The van der Waals surface area contributed by atoms with Crippen molar-refractivity contribution in [2.45, 2.75) is 0 Å². The van der Waals surface area contributed by atoms with Crippen LogP contribution in [0, 0.1) is 0 Å². The standard InChI is InChI=1S/C19H16N4O/c1-23-10-7-16-15(3-2-4-18(16)23)17-11-14(12-21-19(17)24)22-13-5-8-20-9-6-13/h2-12H,1H3,(H,20,22)(H,21,24). The van der Waals surface area contributed by atoms with E-state index in [0.29, 0.717) is 5.56 Å². The monoisotopic (exact) mass is 316 g/mol. The maximum Gasteiger partial charge on any atom is 0.255 e. The van der Waals surface area contributed by atoms with Crippen LogP contribution in [0.1, 0.15) is 0 Å². The number of fused-ring (bicyclic) bond motifs is 1. The zero-order valence-corrected chi connectivity index (χ0v) is 13.2. The lowest BCUT2D eigenvalue weighted by atomic mass is 10.0. The Balaban J connectivity index is 1.83. The highest BCUT2D eigenvalue weighted by molar-refractivity contribution is 5.95. The van der Waals surface area contributed by atoms with Crippen molar-refractivity contribution in [3.05, 3.63) is 77.6 Å². The van der Waals surface area contributed by atoms with Crippen molar-refractivity contribution in [2.75, 3.05) is 5.32 Å². The van der Waals surface area contributed by atoms with Crippen molar-refractivity contribution in [1.29, 1.82) is 0 Å². The van der Waals surface area contributed by atoms with Crippen molar-refractivity contribution in [3.8, 4) is 11.1 Å². The Kier molecular flexibility index (Phi) is 3.39. The highest BCUT2D eigenvalue weighted by Gasteiger charge is 2.10. The van der Waals surface area contributed by atoms with Gasteiger partial charge >= 0.3 is 0 Å². The SMILES string of the molecule is Cn1ccc2c(-c3cc(Nc4ccncc4)c[nH]c3=O)cccc21. The van der Waals surface area contributed by atoms with Crippen LogP contribution in [0.2, 0.25) is 0 Å². The molecule has 1 aromatic carbocycles. The van der Waals surface area contributed by atoms with Gasteiger partial charge in [-0.1, -0.05) is 12.1 Å². The number of anilines is 2. The molecule has 0 aliphatic rings. The lowest BCUT2D eigenvalue weighted by Crippen LogP contribution is -2.09. The Morgan fingerprint density at radius 1 is 1.04 bits per heavy atom. The summed E-state index contributed by atoms with van der Waals surface area (Å²) in [5.74, 6) is 0. The molecule has 0 amide bonds. The van der Waals surface area contributed by atoms with Crippen LogP contribution in [0.5, 0.6) is 0 Å². The molecule has 0 bridgehead atoms. The van der Waals surface area contributed by atoms with Crippen LogP contribution in [0.3, 0.4) is 0 Å². The second kappa shape index (κ2) is 5.70. The van der Waals surface area contributed by atoms with E-state index in [-0.39, 0.29) is 5.56 Å². The number of aromatic nitrogens is 3. The molecule has 0 spiro atoms. The lowest BCUT2D eigenvalue weighted by Gasteiger charge is -2.09. The Morgan fingerprint density at radius 2 is 1.88 bits per heavy atom. The average Bonchev–Trinajstić information content (AvgIpc) is 2.99. The van der Waals surface area contributed by atoms with Gasteiger partial charge in [0.05, 0.1) is 5.69 Å². The van der Waals surface area contributed by atoms with Gasteiger partial charge in [-0.2, -0.15) is 0 Å². The molecule has 0 unspecified atom stereocenters. The number of benzene rings is 1. The van der Waals surface area contributed by atoms with Gasteiger partial charge in [0.15, 0.2) is 0 Å². The molecule has 0 fully saturated rings. The predicted octanol–water partition coefficient (Wildman–Crippen LogP) is 3.67. The summed E-state index contributed by atoms with van der Waals surface area (Å²) < 4.78 is 2.05. The number of hydrogen-bond acceptors (Lipinski definition) is 3. The van der Waals surface area contributed by atoms with Crippen LogP contribution in [-0.4, -0.2) is 14.5 Å². The minimum atomic E-state index is -0.105. The Labute approximate surface area is 138 Å². The number of pyridine rings is 2. The molecule has 3 aromatic heterocycles. The molecule has 0 saturated carbocycles. The number of nitrogens with zero attached hydrogens (tertiary/aromatic N) is 2. The molecule has 0 atom stereocenters. The smallest absolute Gasteiger partial charge is 0.255 e. The summed E-state index contributed by atoms with van der Waals surface area (Å²) in [5, 5.41) is 4.34.